The van der Waals surface area contributed by atoms with E-state index in [2.05, 4.69) is 44.6 Å². The Bertz CT molecular complexity index is 946. The van der Waals surface area contributed by atoms with Crippen LogP contribution in [0.4, 0.5) is 5.13 Å². The molecule has 1 aliphatic heterocycles. The second-order valence-electron chi connectivity index (χ2n) is 7.38. The number of hydrogen-bond acceptors (Lipinski definition) is 5. The molecule has 0 aliphatic carbocycles. The molecule has 1 amide bonds. The molecule has 3 heterocycles. The fourth-order valence-corrected chi connectivity index (χ4v) is 4.71. The SMILES string of the molecule is CC(=O)Nc1ncc(C[C@H]2CCCN2Cc2ccc(-c3cnn(C)c3)cc2)s1. The third-order valence-corrected chi connectivity index (χ3v) is 6.09. The Morgan fingerprint density at radius 2 is 2.07 bits per heavy atom. The first-order valence-corrected chi connectivity index (χ1v) is 10.4. The van der Waals surface area contributed by atoms with Crippen molar-refractivity contribution in [3.8, 4) is 11.1 Å². The normalized spacial score (nSPS) is 17.1. The van der Waals surface area contributed by atoms with Crippen molar-refractivity contribution in [2.45, 2.75) is 38.8 Å². The van der Waals surface area contributed by atoms with E-state index in [1.165, 1.54) is 35.8 Å². The standard InChI is InChI=1S/C21H25N5OS/c1-15(27)24-21-22-12-20(28-21)10-19-4-3-9-26(19)13-16-5-7-17(8-6-16)18-11-23-25(2)14-18/h5-8,11-12,14,19H,3-4,9-10,13H2,1-2H3,(H,22,24,27)/t19-/m1/s1. The number of likely N-dealkylation sites (tertiary alicyclic amines) is 1. The second-order valence-corrected chi connectivity index (χ2v) is 8.50. The van der Waals surface area contributed by atoms with Crippen LogP contribution in [0.2, 0.25) is 0 Å². The molecule has 28 heavy (non-hydrogen) atoms. The van der Waals surface area contributed by atoms with Crippen LogP contribution in [-0.4, -0.2) is 38.2 Å². The number of aryl methyl sites for hydroxylation is 1. The third-order valence-electron chi connectivity index (χ3n) is 5.15. The first kappa shape index (κ1) is 18.8. The van der Waals surface area contributed by atoms with E-state index in [-0.39, 0.29) is 5.91 Å². The lowest BCUT2D eigenvalue weighted by Crippen LogP contribution is -2.30. The van der Waals surface area contributed by atoms with Gasteiger partial charge < -0.3 is 5.32 Å². The summed E-state index contributed by atoms with van der Waals surface area (Å²) in [5, 5.41) is 7.71. The van der Waals surface area contributed by atoms with Crippen LogP contribution in [-0.2, 0) is 24.8 Å². The van der Waals surface area contributed by atoms with E-state index >= 15 is 0 Å². The van der Waals surface area contributed by atoms with E-state index in [0.29, 0.717) is 11.2 Å². The van der Waals surface area contributed by atoms with E-state index < -0.39 is 0 Å². The van der Waals surface area contributed by atoms with Crippen LogP contribution in [0.25, 0.3) is 11.1 Å². The minimum atomic E-state index is -0.0712. The largest absolute Gasteiger partial charge is 0.302 e. The van der Waals surface area contributed by atoms with Crippen molar-refractivity contribution in [3.05, 3.63) is 53.3 Å². The number of amides is 1. The van der Waals surface area contributed by atoms with Gasteiger partial charge >= 0.3 is 0 Å². The van der Waals surface area contributed by atoms with Crippen LogP contribution in [0, 0.1) is 0 Å². The molecule has 0 saturated carbocycles. The minimum absolute atomic E-state index is 0.0712. The van der Waals surface area contributed by atoms with Gasteiger partial charge in [-0.05, 0) is 36.9 Å². The average Bonchev–Trinajstić information content (AvgIpc) is 3.39. The van der Waals surface area contributed by atoms with Gasteiger partial charge in [-0.2, -0.15) is 5.10 Å². The number of nitrogens with one attached hydrogen (secondary N) is 1. The van der Waals surface area contributed by atoms with Gasteiger partial charge in [-0.25, -0.2) is 4.98 Å². The Hall–Kier alpha value is -2.51. The van der Waals surface area contributed by atoms with Crippen molar-refractivity contribution < 1.29 is 4.79 Å². The predicted molar refractivity (Wildman–Crippen MR) is 112 cm³/mol. The van der Waals surface area contributed by atoms with E-state index in [0.717, 1.165) is 25.1 Å². The number of aromatic nitrogens is 3. The van der Waals surface area contributed by atoms with Gasteiger partial charge in [-0.3, -0.25) is 14.4 Å². The van der Waals surface area contributed by atoms with Crippen LogP contribution < -0.4 is 5.32 Å². The summed E-state index contributed by atoms with van der Waals surface area (Å²) in [7, 11) is 1.94. The Kier molecular flexibility index (Phi) is 5.54. The number of rotatable bonds is 6. The summed E-state index contributed by atoms with van der Waals surface area (Å²) in [6.45, 7) is 3.61. The summed E-state index contributed by atoms with van der Waals surface area (Å²) < 4.78 is 1.83. The Morgan fingerprint density at radius 3 is 2.79 bits per heavy atom. The van der Waals surface area contributed by atoms with Gasteiger partial charge in [0.1, 0.15) is 0 Å². The minimum Gasteiger partial charge on any atom is -0.302 e. The summed E-state index contributed by atoms with van der Waals surface area (Å²) in [6.07, 6.45) is 9.27. The molecule has 1 fully saturated rings. The van der Waals surface area contributed by atoms with Crippen molar-refractivity contribution in [2.75, 3.05) is 11.9 Å². The molecule has 2 aromatic heterocycles. The van der Waals surface area contributed by atoms with E-state index in [4.69, 9.17) is 0 Å². The molecule has 146 valence electrons. The van der Waals surface area contributed by atoms with Crippen LogP contribution in [0.15, 0.2) is 42.9 Å². The molecular weight excluding hydrogens is 370 g/mol. The van der Waals surface area contributed by atoms with Gasteiger partial charge in [0.2, 0.25) is 5.91 Å². The van der Waals surface area contributed by atoms with Gasteiger partial charge in [0, 0.05) is 49.4 Å². The summed E-state index contributed by atoms with van der Waals surface area (Å²) >= 11 is 1.58. The van der Waals surface area contributed by atoms with Crippen molar-refractivity contribution in [1.29, 1.82) is 0 Å². The lowest BCUT2D eigenvalue weighted by Gasteiger charge is -2.24. The van der Waals surface area contributed by atoms with Crippen LogP contribution in [0.1, 0.15) is 30.2 Å². The summed E-state index contributed by atoms with van der Waals surface area (Å²) in [5.41, 5.74) is 3.68. The van der Waals surface area contributed by atoms with Crippen molar-refractivity contribution in [2.24, 2.45) is 7.05 Å². The first-order chi connectivity index (χ1) is 13.6. The number of nitrogens with zero attached hydrogens (tertiary/aromatic N) is 4. The lowest BCUT2D eigenvalue weighted by atomic mass is 10.1. The molecule has 3 aromatic rings. The van der Waals surface area contributed by atoms with Gasteiger partial charge in [-0.1, -0.05) is 24.3 Å². The van der Waals surface area contributed by atoms with Gasteiger partial charge in [0.25, 0.3) is 0 Å². The molecule has 0 bridgehead atoms. The summed E-state index contributed by atoms with van der Waals surface area (Å²) in [6, 6.07) is 9.34. The van der Waals surface area contributed by atoms with E-state index in [1.54, 1.807) is 11.3 Å². The molecule has 4 rings (SSSR count). The molecule has 7 heteroatoms. The predicted octanol–water partition coefficient (Wildman–Crippen LogP) is 3.71. The molecule has 1 aliphatic rings. The fraction of sp³-hybridized carbons (Fsp3) is 0.381. The zero-order valence-corrected chi connectivity index (χ0v) is 17.1. The smallest absolute Gasteiger partial charge is 0.223 e. The number of carbonyl (C=O) groups excluding carboxylic acids is 1. The Balaban J connectivity index is 1.38. The maximum absolute atomic E-state index is 11.2. The molecule has 0 unspecified atom stereocenters. The van der Waals surface area contributed by atoms with Crippen LogP contribution in [0.3, 0.4) is 0 Å². The molecule has 0 radical (unpaired) electrons. The molecule has 1 aromatic carbocycles. The molecular formula is C21H25N5OS. The zero-order valence-electron chi connectivity index (χ0n) is 16.3. The highest BCUT2D eigenvalue weighted by molar-refractivity contribution is 7.15. The molecule has 1 N–H and O–H groups in total. The Labute approximate surface area is 169 Å². The van der Waals surface area contributed by atoms with Gasteiger partial charge in [0.15, 0.2) is 5.13 Å². The zero-order chi connectivity index (χ0) is 19.5. The van der Waals surface area contributed by atoms with Crippen molar-refractivity contribution in [1.82, 2.24) is 19.7 Å². The fourth-order valence-electron chi connectivity index (χ4n) is 3.78. The number of thiazole rings is 1. The maximum Gasteiger partial charge on any atom is 0.223 e. The summed E-state index contributed by atoms with van der Waals surface area (Å²) in [5.74, 6) is -0.0712. The van der Waals surface area contributed by atoms with E-state index in [9.17, 15) is 4.79 Å². The second kappa shape index (κ2) is 8.24. The monoisotopic (exact) mass is 395 g/mol. The maximum atomic E-state index is 11.2. The lowest BCUT2D eigenvalue weighted by molar-refractivity contribution is -0.114. The van der Waals surface area contributed by atoms with Crippen molar-refractivity contribution in [3.63, 3.8) is 0 Å². The van der Waals surface area contributed by atoms with Gasteiger partial charge in [0.05, 0.1) is 6.20 Å². The van der Waals surface area contributed by atoms with Gasteiger partial charge in [-0.15, -0.1) is 11.3 Å². The molecule has 6 nitrogen and oxygen atoms in total. The molecule has 1 saturated heterocycles. The van der Waals surface area contributed by atoms with Crippen molar-refractivity contribution >= 4 is 22.4 Å². The topological polar surface area (TPSA) is 63.1 Å². The quantitative estimate of drug-likeness (QED) is 0.691. The van der Waals surface area contributed by atoms with Crippen LogP contribution >= 0.6 is 11.3 Å². The average molecular weight is 396 g/mol. The highest BCUT2D eigenvalue weighted by atomic mass is 32.1. The first-order valence-electron chi connectivity index (χ1n) is 9.61. The highest BCUT2D eigenvalue weighted by Gasteiger charge is 2.25. The third kappa shape index (κ3) is 4.48. The Morgan fingerprint density at radius 1 is 1.25 bits per heavy atom. The number of benzene rings is 1. The number of anilines is 1. The highest BCUT2D eigenvalue weighted by Crippen LogP contribution is 2.27. The summed E-state index contributed by atoms with van der Waals surface area (Å²) in [4.78, 5) is 19.3. The van der Waals surface area contributed by atoms with Crippen LogP contribution in [0.5, 0.6) is 0 Å². The van der Waals surface area contributed by atoms with E-state index in [1.807, 2.05) is 30.3 Å². The molecule has 1 atom stereocenters. The molecule has 0 spiro atoms. The number of hydrogen-bond donors (Lipinski definition) is 1. The number of carbonyl (C=O) groups is 1.